The quantitative estimate of drug-likeness (QED) is 0.892. The zero-order chi connectivity index (χ0) is 13.1. The van der Waals surface area contributed by atoms with Crippen molar-refractivity contribution in [3.05, 3.63) is 11.4 Å². The zero-order valence-electron chi connectivity index (χ0n) is 10.3. The van der Waals surface area contributed by atoms with Gasteiger partial charge < -0.3 is 14.8 Å². The minimum atomic E-state index is -1.42. The van der Waals surface area contributed by atoms with Gasteiger partial charge in [-0.1, -0.05) is 6.92 Å². The first-order valence-corrected chi connectivity index (χ1v) is 6.73. The van der Waals surface area contributed by atoms with Crippen LogP contribution in [-0.2, 0) is 4.79 Å². The van der Waals surface area contributed by atoms with Crippen LogP contribution in [-0.4, -0.2) is 31.8 Å². The molecule has 1 aliphatic heterocycles. The number of alkyl halides is 1. The minimum Gasteiger partial charge on any atom is -0.490 e. The van der Waals surface area contributed by atoms with Gasteiger partial charge >= 0.3 is 0 Å². The molecule has 0 saturated carbocycles. The van der Waals surface area contributed by atoms with Gasteiger partial charge in [0.1, 0.15) is 12.4 Å². The molecule has 0 unspecified atom stereocenters. The molecule has 4 nitrogen and oxygen atoms in total. The van der Waals surface area contributed by atoms with Crippen LogP contribution in [0.15, 0.2) is 11.4 Å². The topological polar surface area (TPSA) is 47.6 Å². The van der Waals surface area contributed by atoms with Crippen molar-refractivity contribution < 1.29 is 18.7 Å². The van der Waals surface area contributed by atoms with E-state index in [1.54, 1.807) is 13.2 Å². The summed E-state index contributed by atoms with van der Waals surface area (Å²) in [5.74, 6) is -0.153. The number of thiophene rings is 1. The van der Waals surface area contributed by atoms with Crippen molar-refractivity contribution in [2.24, 2.45) is 5.92 Å². The summed E-state index contributed by atoms with van der Waals surface area (Å²) in [6, 6.07) is 1.51. The van der Waals surface area contributed by atoms with Crippen LogP contribution >= 0.6 is 11.3 Å². The van der Waals surface area contributed by atoms with Gasteiger partial charge in [0.05, 0.1) is 13.2 Å². The first-order chi connectivity index (χ1) is 8.65. The molecule has 0 spiro atoms. The van der Waals surface area contributed by atoms with E-state index in [0.717, 1.165) is 5.06 Å². The molecule has 1 aliphatic rings. The van der Waals surface area contributed by atoms with E-state index in [4.69, 9.17) is 9.47 Å². The molecule has 2 heterocycles. The molecule has 6 heteroatoms. The number of carbonyl (C=O) groups excluding carboxylic acids is 1. The van der Waals surface area contributed by atoms with Gasteiger partial charge in [-0.2, -0.15) is 0 Å². The van der Waals surface area contributed by atoms with Crippen LogP contribution in [0.5, 0.6) is 10.8 Å². The number of halogens is 1. The number of rotatable bonds is 5. The fourth-order valence-corrected chi connectivity index (χ4v) is 2.74. The normalized spacial score (nSPS) is 27.1. The van der Waals surface area contributed by atoms with Crippen LogP contribution in [0.25, 0.3) is 0 Å². The summed E-state index contributed by atoms with van der Waals surface area (Å²) in [5.41, 5.74) is 0. The highest BCUT2D eigenvalue weighted by molar-refractivity contribution is 7.12. The Morgan fingerprint density at radius 2 is 2.33 bits per heavy atom. The number of methoxy groups -OCH3 is 1. The lowest BCUT2D eigenvalue weighted by atomic mass is 9.97. The molecule has 3 atom stereocenters. The molecule has 1 aromatic heterocycles. The van der Waals surface area contributed by atoms with Gasteiger partial charge in [-0.3, -0.25) is 4.79 Å². The molecule has 1 aromatic rings. The molecular weight excluding hydrogens is 257 g/mol. The SMILES string of the molecule is CC[C@@H]1[C@H](F)C(=O)N[C@@H]1COc1csc(OC)c1. The van der Waals surface area contributed by atoms with Crippen LogP contribution in [0.4, 0.5) is 4.39 Å². The minimum absolute atomic E-state index is 0.261. The van der Waals surface area contributed by atoms with E-state index >= 15 is 0 Å². The summed E-state index contributed by atoms with van der Waals surface area (Å²) in [6.07, 6.45) is -0.804. The van der Waals surface area contributed by atoms with E-state index in [2.05, 4.69) is 5.32 Å². The Labute approximate surface area is 109 Å². The van der Waals surface area contributed by atoms with E-state index in [1.165, 1.54) is 11.3 Å². The van der Waals surface area contributed by atoms with E-state index in [9.17, 15) is 9.18 Å². The Morgan fingerprint density at radius 3 is 2.94 bits per heavy atom. The number of carbonyl (C=O) groups is 1. The standard InChI is InChI=1S/C12H16FNO3S/c1-3-8-9(14-12(15)11(8)13)5-17-7-4-10(16-2)18-6-7/h4,6,8-9,11H,3,5H2,1-2H3,(H,14,15)/t8-,9+,11-/m0/s1. The van der Waals surface area contributed by atoms with Crippen LogP contribution in [0.3, 0.4) is 0 Å². The second-order valence-electron chi connectivity index (χ2n) is 4.21. The predicted molar refractivity (Wildman–Crippen MR) is 67.0 cm³/mol. The van der Waals surface area contributed by atoms with Gasteiger partial charge in [0.15, 0.2) is 11.2 Å². The highest BCUT2D eigenvalue weighted by Gasteiger charge is 2.41. The Kier molecular flexibility index (Phi) is 4.06. The molecule has 0 bridgehead atoms. The van der Waals surface area contributed by atoms with E-state index < -0.39 is 12.1 Å². The Balaban J connectivity index is 1.91. The maximum Gasteiger partial charge on any atom is 0.255 e. The molecule has 18 heavy (non-hydrogen) atoms. The van der Waals surface area contributed by atoms with Crippen LogP contribution in [0, 0.1) is 5.92 Å². The molecule has 1 fully saturated rings. The fraction of sp³-hybridized carbons (Fsp3) is 0.583. The number of ether oxygens (including phenoxy) is 2. The average Bonchev–Trinajstić information content (AvgIpc) is 2.93. The Hall–Kier alpha value is -1.30. The van der Waals surface area contributed by atoms with Crippen LogP contribution in [0.2, 0.25) is 0 Å². The maximum absolute atomic E-state index is 13.5. The largest absolute Gasteiger partial charge is 0.490 e. The first kappa shape index (κ1) is 13.1. The lowest BCUT2D eigenvalue weighted by Gasteiger charge is -2.17. The maximum atomic E-state index is 13.5. The third-order valence-electron chi connectivity index (χ3n) is 3.12. The second kappa shape index (κ2) is 5.56. The third kappa shape index (κ3) is 2.58. The molecule has 1 saturated heterocycles. The van der Waals surface area contributed by atoms with Gasteiger partial charge in [0.25, 0.3) is 5.91 Å². The molecule has 0 radical (unpaired) electrons. The summed E-state index contributed by atoms with van der Waals surface area (Å²) in [4.78, 5) is 11.3. The second-order valence-corrected chi connectivity index (χ2v) is 5.08. The fourth-order valence-electron chi connectivity index (χ4n) is 2.09. The predicted octanol–water partition coefficient (Wildman–Crippen LogP) is 2.00. The van der Waals surface area contributed by atoms with Crippen LogP contribution < -0.4 is 14.8 Å². The Bertz CT molecular complexity index is 423. The Morgan fingerprint density at radius 1 is 1.56 bits per heavy atom. The smallest absolute Gasteiger partial charge is 0.255 e. The molecule has 1 amide bonds. The molecular formula is C12H16FNO3S. The highest BCUT2D eigenvalue weighted by atomic mass is 32.1. The van der Waals surface area contributed by atoms with Crippen molar-refractivity contribution in [3.63, 3.8) is 0 Å². The lowest BCUT2D eigenvalue weighted by Crippen LogP contribution is -2.34. The van der Waals surface area contributed by atoms with Crippen molar-refractivity contribution in [1.82, 2.24) is 5.32 Å². The highest BCUT2D eigenvalue weighted by Crippen LogP contribution is 2.29. The van der Waals surface area contributed by atoms with Crippen molar-refractivity contribution in [1.29, 1.82) is 0 Å². The number of hydrogen-bond donors (Lipinski definition) is 1. The summed E-state index contributed by atoms with van der Waals surface area (Å²) >= 11 is 1.43. The third-order valence-corrected chi connectivity index (χ3v) is 3.99. The number of hydrogen-bond acceptors (Lipinski definition) is 4. The number of amides is 1. The monoisotopic (exact) mass is 273 g/mol. The molecule has 1 N–H and O–H groups in total. The van der Waals surface area contributed by atoms with E-state index in [-0.39, 0.29) is 18.6 Å². The van der Waals surface area contributed by atoms with Crippen molar-refractivity contribution in [3.8, 4) is 10.8 Å². The summed E-state index contributed by atoms with van der Waals surface area (Å²) < 4.78 is 24.1. The molecule has 0 aliphatic carbocycles. The van der Waals surface area contributed by atoms with Crippen LogP contribution in [0.1, 0.15) is 13.3 Å². The molecule has 0 aromatic carbocycles. The number of nitrogens with one attached hydrogen (secondary N) is 1. The lowest BCUT2D eigenvalue weighted by molar-refractivity contribution is -0.123. The van der Waals surface area contributed by atoms with Gasteiger partial charge in [-0.15, -0.1) is 11.3 Å². The average molecular weight is 273 g/mol. The van der Waals surface area contributed by atoms with Crippen molar-refractivity contribution >= 4 is 17.2 Å². The van der Waals surface area contributed by atoms with Crippen molar-refractivity contribution in [2.75, 3.05) is 13.7 Å². The zero-order valence-corrected chi connectivity index (χ0v) is 11.1. The van der Waals surface area contributed by atoms with Gasteiger partial charge in [0.2, 0.25) is 0 Å². The van der Waals surface area contributed by atoms with Gasteiger partial charge in [-0.25, -0.2) is 4.39 Å². The van der Waals surface area contributed by atoms with Gasteiger partial charge in [0, 0.05) is 17.4 Å². The van der Waals surface area contributed by atoms with E-state index in [1.807, 2.05) is 12.3 Å². The first-order valence-electron chi connectivity index (χ1n) is 5.85. The molecule has 100 valence electrons. The van der Waals surface area contributed by atoms with Crippen molar-refractivity contribution in [2.45, 2.75) is 25.6 Å². The summed E-state index contributed by atoms with van der Waals surface area (Å²) in [5, 5.41) is 5.21. The molecule has 2 rings (SSSR count). The van der Waals surface area contributed by atoms with E-state index in [0.29, 0.717) is 12.2 Å². The van der Waals surface area contributed by atoms with Gasteiger partial charge in [-0.05, 0) is 6.42 Å². The summed E-state index contributed by atoms with van der Waals surface area (Å²) in [7, 11) is 1.59. The summed E-state index contributed by atoms with van der Waals surface area (Å²) in [6.45, 7) is 2.16.